The van der Waals surface area contributed by atoms with Crippen LogP contribution in [0.3, 0.4) is 0 Å². The lowest BCUT2D eigenvalue weighted by Crippen LogP contribution is -2.21. The molecule has 31 heavy (non-hydrogen) atoms. The van der Waals surface area contributed by atoms with Crippen LogP contribution >= 0.6 is 22.9 Å². The lowest BCUT2D eigenvalue weighted by Gasteiger charge is -2.25. The van der Waals surface area contributed by atoms with E-state index >= 15 is 0 Å². The summed E-state index contributed by atoms with van der Waals surface area (Å²) in [4.78, 5) is 28.1. The van der Waals surface area contributed by atoms with Crippen molar-refractivity contribution < 1.29 is 4.79 Å². The zero-order valence-corrected chi connectivity index (χ0v) is 19.2. The van der Waals surface area contributed by atoms with Gasteiger partial charge in [0.25, 0.3) is 0 Å². The number of Topliss-reactive ketones (excluding diaryl/α,β-unsaturated/α-hetero) is 1. The summed E-state index contributed by atoms with van der Waals surface area (Å²) >= 11 is 7.82. The fraction of sp³-hybridized carbons (Fsp3) is 0.208. The number of pyridine rings is 1. The van der Waals surface area contributed by atoms with Gasteiger partial charge in [0, 0.05) is 40.6 Å². The van der Waals surface area contributed by atoms with Gasteiger partial charge in [-0.25, -0.2) is 4.98 Å². The van der Waals surface area contributed by atoms with Crippen LogP contribution in [0.1, 0.15) is 29.8 Å². The molecule has 0 aliphatic carbocycles. The molecule has 4 rings (SSSR count). The Balaban J connectivity index is 1.85. The number of hydrogen-bond acceptors (Lipinski definition) is 5. The van der Waals surface area contributed by atoms with E-state index in [1.54, 1.807) is 30.7 Å². The first-order valence-electron chi connectivity index (χ1n) is 9.92. The number of thiophene rings is 1. The van der Waals surface area contributed by atoms with E-state index < -0.39 is 0 Å². The first-order chi connectivity index (χ1) is 14.9. The third-order valence-corrected chi connectivity index (χ3v) is 6.46. The van der Waals surface area contributed by atoms with Crippen LogP contribution in [-0.4, -0.2) is 39.7 Å². The highest BCUT2D eigenvalue weighted by Gasteiger charge is 2.25. The molecule has 4 aromatic rings. The molecule has 0 fully saturated rings. The van der Waals surface area contributed by atoms with Gasteiger partial charge in [-0.3, -0.25) is 14.7 Å². The Bertz CT molecular complexity index is 1180. The smallest absolute Gasteiger partial charge is 0.147 e. The third-order valence-electron chi connectivity index (χ3n) is 5.00. The number of carbonyl (C=O) groups excluding carboxylic acids is 1. The zero-order valence-electron chi connectivity index (χ0n) is 17.6. The van der Waals surface area contributed by atoms with Gasteiger partial charge in [0.15, 0.2) is 0 Å². The van der Waals surface area contributed by atoms with Crippen LogP contribution in [0.5, 0.6) is 0 Å². The number of rotatable bonds is 7. The molecule has 1 aromatic carbocycles. The summed E-state index contributed by atoms with van der Waals surface area (Å²) < 4.78 is 0. The Hall–Kier alpha value is -2.80. The van der Waals surface area contributed by atoms with Crippen molar-refractivity contribution in [1.82, 2.24) is 19.9 Å². The first-order valence-corrected chi connectivity index (χ1v) is 11.1. The van der Waals surface area contributed by atoms with Crippen LogP contribution in [0, 0.1) is 0 Å². The SMILES string of the molecule is CC(=O)Cc1cc(-c2cc([C@@H](c3ccc(Cl)cc3)N(C)C)c(-c3ncc[nH]3)s2)ccn1. The van der Waals surface area contributed by atoms with Crippen molar-refractivity contribution in [1.29, 1.82) is 0 Å². The first kappa shape index (κ1) is 21.4. The van der Waals surface area contributed by atoms with Gasteiger partial charge in [-0.15, -0.1) is 11.3 Å². The highest BCUT2D eigenvalue weighted by Crippen LogP contribution is 2.43. The molecule has 0 aliphatic rings. The largest absolute Gasteiger partial charge is 0.344 e. The minimum absolute atomic E-state index is 0.0286. The summed E-state index contributed by atoms with van der Waals surface area (Å²) in [6.07, 6.45) is 5.70. The maximum Gasteiger partial charge on any atom is 0.147 e. The molecule has 0 spiro atoms. The van der Waals surface area contributed by atoms with E-state index in [9.17, 15) is 4.79 Å². The molecule has 3 aromatic heterocycles. The minimum atomic E-state index is 0.0286. The van der Waals surface area contributed by atoms with Gasteiger partial charge in [0.2, 0.25) is 0 Å². The summed E-state index contributed by atoms with van der Waals surface area (Å²) in [6.45, 7) is 1.58. The number of aromatic amines is 1. The number of H-pyrrole nitrogens is 1. The molecule has 1 N–H and O–H groups in total. The minimum Gasteiger partial charge on any atom is -0.344 e. The number of hydrogen-bond donors (Lipinski definition) is 1. The van der Waals surface area contributed by atoms with E-state index in [0.717, 1.165) is 38.0 Å². The van der Waals surface area contributed by atoms with Crippen molar-refractivity contribution in [3.05, 3.63) is 82.9 Å². The van der Waals surface area contributed by atoms with Crippen LogP contribution in [0.15, 0.2) is 61.1 Å². The molecule has 0 saturated heterocycles. The number of carbonyl (C=O) groups is 1. The topological polar surface area (TPSA) is 61.9 Å². The van der Waals surface area contributed by atoms with Gasteiger partial charge in [-0.1, -0.05) is 23.7 Å². The number of aromatic nitrogens is 3. The van der Waals surface area contributed by atoms with Crippen LogP contribution in [-0.2, 0) is 11.2 Å². The number of halogens is 1. The highest BCUT2D eigenvalue weighted by molar-refractivity contribution is 7.19. The van der Waals surface area contributed by atoms with Gasteiger partial charge >= 0.3 is 0 Å². The molecule has 5 nitrogen and oxygen atoms in total. The maximum absolute atomic E-state index is 11.6. The molecular weight excluding hydrogens is 428 g/mol. The number of nitrogens with zero attached hydrogens (tertiary/aromatic N) is 3. The molecule has 7 heteroatoms. The summed E-state index contributed by atoms with van der Waals surface area (Å²) in [7, 11) is 4.14. The average Bonchev–Trinajstić information content (AvgIpc) is 3.39. The van der Waals surface area contributed by atoms with Gasteiger partial charge in [0.1, 0.15) is 11.6 Å². The predicted molar refractivity (Wildman–Crippen MR) is 126 cm³/mol. The maximum atomic E-state index is 11.6. The van der Waals surface area contributed by atoms with Gasteiger partial charge in [-0.2, -0.15) is 0 Å². The van der Waals surface area contributed by atoms with E-state index in [0.29, 0.717) is 11.4 Å². The van der Waals surface area contributed by atoms with E-state index in [4.69, 9.17) is 11.6 Å². The fourth-order valence-corrected chi connectivity index (χ4v) is 4.98. The average molecular weight is 451 g/mol. The Morgan fingerprint density at radius 1 is 1.13 bits per heavy atom. The third kappa shape index (κ3) is 4.77. The number of nitrogens with one attached hydrogen (secondary N) is 1. The number of imidazole rings is 1. The predicted octanol–water partition coefficient (Wildman–Crippen LogP) is 5.64. The molecule has 0 unspecified atom stereocenters. The van der Waals surface area contributed by atoms with Crippen LogP contribution in [0.2, 0.25) is 5.02 Å². The second-order valence-corrected chi connectivity index (χ2v) is 9.15. The van der Waals surface area contributed by atoms with Crippen LogP contribution < -0.4 is 0 Å². The summed E-state index contributed by atoms with van der Waals surface area (Å²) in [6, 6.07) is 14.2. The van der Waals surface area contributed by atoms with Crippen LogP contribution in [0.4, 0.5) is 0 Å². The molecule has 0 aliphatic heterocycles. The second-order valence-electron chi connectivity index (χ2n) is 7.67. The Morgan fingerprint density at radius 2 is 1.90 bits per heavy atom. The van der Waals surface area contributed by atoms with E-state index in [-0.39, 0.29) is 11.8 Å². The molecule has 0 bridgehead atoms. The summed E-state index contributed by atoms with van der Waals surface area (Å²) in [5, 5.41) is 0.716. The van der Waals surface area contributed by atoms with Gasteiger partial charge in [-0.05, 0) is 68.0 Å². The van der Waals surface area contributed by atoms with Crippen molar-refractivity contribution >= 4 is 28.7 Å². The van der Waals surface area contributed by atoms with Gasteiger partial charge < -0.3 is 4.98 Å². The van der Waals surface area contributed by atoms with Crippen molar-refractivity contribution in [3.8, 4) is 21.1 Å². The fourth-order valence-electron chi connectivity index (χ4n) is 3.71. The molecule has 1 atom stereocenters. The molecule has 0 amide bonds. The second kappa shape index (κ2) is 9.14. The lowest BCUT2D eigenvalue weighted by molar-refractivity contribution is -0.116. The van der Waals surface area contributed by atoms with Crippen molar-refractivity contribution in [2.75, 3.05) is 14.1 Å². The quantitative estimate of drug-likeness (QED) is 0.396. The number of benzene rings is 1. The van der Waals surface area contributed by atoms with E-state index in [1.807, 2.05) is 30.5 Å². The summed E-state index contributed by atoms with van der Waals surface area (Å²) in [5.41, 5.74) is 4.14. The normalized spacial score (nSPS) is 12.3. The molecule has 3 heterocycles. The van der Waals surface area contributed by atoms with Crippen molar-refractivity contribution in [2.24, 2.45) is 0 Å². The lowest BCUT2D eigenvalue weighted by atomic mass is 9.97. The molecule has 0 saturated carbocycles. The molecule has 158 valence electrons. The summed E-state index contributed by atoms with van der Waals surface area (Å²) in [5.74, 6) is 0.938. The standard InChI is InChI=1S/C24H23ClN4OS/c1-15(30)12-19-13-17(8-9-26-19)21-14-20(23(31-21)24-27-10-11-28-24)22(29(2)3)16-4-6-18(25)7-5-16/h4-11,13-14,22H,12H2,1-3H3,(H,27,28)/t22-/m1/s1. The van der Waals surface area contributed by atoms with Crippen molar-refractivity contribution in [2.45, 2.75) is 19.4 Å². The van der Waals surface area contributed by atoms with Crippen molar-refractivity contribution in [3.63, 3.8) is 0 Å². The monoisotopic (exact) mass is 450 g/mol. The highest BCUT2D eigenvalue weighted by atomic mass is 35.5. The number of ketones is 1. The Morgan fingerprint density at radius 3 is 2.55 bits per heavy atom. The zero-order chi connectivity index (χ0) is 22.0. The Kier molecular flexibility index (Phi) is 6.32. The van der Waals surface area contributed by atoms with Crippen LogP contribution in [0.25, 0.3) is 21.1 Å². The van der Waals surface area contributed by atoms with Gasteiger partial charge in [0.05, 0.1) is 10.9 Å². The van der Waals surface area contributed by atoms with E-state index in [1.165, 1.54) is 0 Å². The van der Waals surface area contributed by atoms with E-state index in [2.05, 4.69) is 52.1 Å². The molecule has 0 radical (unpaired) electrons. The molecular formula is C24H23ClN4OS. The Labute approximate surface area is 190 Å².